The van der Waals surface area contributed by atoms with Crippen molar-refractivity contribution >= 4 is 17.3 Å². The van der Waals surface area contributed by atoms with Gasteiger partial charge in [-0.3, -0.25) is 4.79 Å². The maximum absolute atomic E-state index is 11.9. The average Bonchev–Trinajstić information content (AvgIpc) is 2.30. The molecule has 0 radical (unpaired) electrons. The first-order chi connectivity index (χ1) is 8.38. The first kappa shape index (κ1) is 14.3. The number of carbonyl (C=O) groups is 1. The second kappa shape index (κ2) is 5.73. The largest absolute Gasteiger partial charge is 0.494 e. The zero-order valence-electron chi connectivity index (χ0n) is 11.2. The van der Waals surface area contributed by atoms with Crippen LogP contribution in [0.3, 0.4) is 0 Å². The van der Waals surface area contributed by atoms with Crippen molar-refractivity contribution in [2.24, 2.45) is 0 Å². The lowest BCUT2D eigenvalue weighted by Crippen LogP contribution is -2.29. The Bertz CT molecular complexity index is 430. The van der Waals surface area contributed by atoms with Gasteiger partial charge in [-0.25, -0.2) is 0 Å². The van der Waals surface area contributed by atoms with Crippen molar-refractivity contribution in [3.63, 3.8) is 0 Å². The van der Waals surface area contributed by atoms with E-state index in [1.165, 1.54) is 7.11 Å². The molecule has 18 heavy (non-hydrogen) atoms. The highest BCUT2D eigenvalue weighted by atomic mass is 16.5. The number of anilines is 2. The third kappa shape index (κ3) is 3.92. The summed E-state index contributed by atoms with van der Waals surface area (Å²) in [6.07, 6.45) is 0.261. The highest BCUT2D eigenvalue weighted by Crippen LogP contribution is 2.27. The van der Waals surface area contributed by atoms with Gasteiger partial charge in [-0.15, -0.1) is 0 Å². The third-order valence-corrected chi connectivity index (χ3v) is 2.64. The second-order valence-electron chi connectivity index (χ2n) is 4.65. The number of hydrogen-bond acceptors (Lipinski definition) is 4. The summed E-state index contributed by atoms with van der Waals surface area (Å²) >= 11 is 0. The van der Waals surface area contributed by atoms with E-state index in [1.807, 2.05) is 13.8 Å². The van der Waals surface area contributed by atoms with E-state index in [2.05, 4.69) is 5.32 Å². The smallest absolute Gasteiger partial charge is 0.227 e. The van der Waals surface area contributed by atoms with Crippen molar-refractivity contribution in [1.82, 2.24) is 0 Å². The van der Waals surface area contributed by atoms with Crippen LogP contribution in [0.15, 0.2) is 18.2 Å². The molecular formula is C13H20N2O3. The molecule has 0 heterocycles. The maximum atomic E-state index is 11.9. The van der Waals surface area contributed by atoms with E-state index in [-0.39, 0.29) is 12.3 Å². The molecule has 0 fully saturated rings. The first-order valence-electron chi connectivity index (χ1n) is 5.66. The Hall–Kier alpha value is -1.75. The van der Waals surface area contributed by atoms with Crippen LogP contribution in [-0.2, 0) is 9.53 Å². The fraction of sp³-hybridized carbons (Fsp3) is 0.462. The number of hydrogen-bond donors (Lipinski definition) is 2. The van der Waals surface area contributed by atoms with E-state index in [9.17, 15) is 4.79 Å². The number of nitrogens with one attached hydrogen (secondary N) is 1. The van der Waals surface area contributed by atoms with Crippen molar-refractivity contribution in [1.29, 1.82) is 0 Å². The zero-order valence-corrected chi connectivity index (χ0v) is 11.2. The molecular weight excluding hydrogens is 232 g/mol. The fourth-order valence-corrected chi connectivity index (χ4v) is 1.46. The van der Waals surface area contributed by atoms with Gasteiger partial charge >= 0.3 is 0 Å². The van der Waals surface area contributed by atoms with Gasteiger partial charge in [0.1, 0.15) is 5.75 Å². The van der Waals surface area contributed by atoms with Gasteiger partial charge in [0.25, 0.3) is 0 Å². The minimum atomic E-state index is -0.495. The zero-order chi connectivity index (χ0) is 13.8. The molecule has 100 valence electrons. The van der Waals surface area contributed by atoms with Crippen molar-refractivity contribution in [3.8, 4) is 5.75 Å². The van der Waals surface area contributed by atoms with Crippen LogP contribution in [0.4, 0.5) is 11.4 Å². The predicted molar refractivity (Wildman–Crippen MR) is 71.7 cm³/mol. The van der Waals surface area contributed by atoms with Crippen LogP contribution in [0.2, 0.25) is 0 Å². The molecule has 0 saturated heterocycles. The van der Waals surface area contributed by atoms with E-state index >= 15 is 0 Å². The minimum Gasteiger partial charge on any atom is -0.494 e. The van der Waals surface area contributed by atoms with E-state index in [1.54, 1.807) is 25.3 Å². The topological polar surface area (TPSA) is 73.6 Å². The molecule has 3 N–H and O–H groups in total. The van der Waals surface area contributed by atoms with Crippen LogP contribution >= 0.6 is 0 Å². The number of nitrogens with two attached hydrogens (primary N) is 1. The Labute approximate surface area is 107 Å². The predicted octanol–water partition coefficient (Wildman–Crippen LogP) is 2.03. The highest BCUT2D eigenvalue weighted by Gasteiger charge is 2.21. The van der Waals surface area contributed by atoms with Crippen molar-refractivity contribution in [3.05, 3.63) is 18.2 Å². The molecule has 5 nitrogen and oxygen atoms in total. The van der Waals surface area contributed by atoms with E-state index in [0.29, 0.717) is 17.1 Å². The summed E-state index contributed by atoms with van der Waals surface area (Å²) < 4.78 is 10.4. The summed E-state index contributed by atoms with van der Waals surface area (Å²) in [4.78, 5) is 11.9. The summed E-state index contributed by atoms with van der Waals surface area (Å²) in [5, 5.41) is 2.78. The molecule has 1 aromatic carbocycles. The highest BCUT2D eigenvalue weighted by molar-refractivity contribution is 5.93. The summed E-state index contributed by atoms with van der Waals surface area (Å²) in [6.45, 7) is 3.71. The maximum Gasteiger partial charge on any atom is 0.227 e. The molecule has 0 aliphatic carbocycles. The summed E-state index contributed by atoms with van der Waals surface area (Å²) in [5.74, 6) is 0.406. The Balaban J connectivity index is 2.76. The Morgan fingerprint density at radius 3 is 2.61 bits per heavy atom. The molecule has 0 saturated carbocycles. The van der Waals surface area contributed by atoms with Gasteiger partial charge in [-0.05, 0) is 26.0 Å². The molecule has 0 bridgehead atoms. The number of amides is 1. The van der Waals surface area contributed by atoms with Gasteiger partial charge < -0.3 is 20.5 Å². The molecule has 0 aliphatic rings. The van der Waals surface area contributed by atoms with Crippen LogP contribution in [0.5, 0.6) is 5.75 Å². The van der Waals surface area contributed by atoms with E-state index in [4.69, 9.17) is 15.2 Å². The van der Waals surface area contributed by atoms with Crippen molar-refractivity contribution in [2.75, 3.05) is 25.3 Å². The van der Waals surface area contributed by atoms with Crippen LogP contribution in [0.25, 0.3) is 0 Å². The lowest BCUT2D eigenvalue weighted by molar-refractivity contribution is -0.121. The lowest BCUT2D eigenvalue weighted by Gasteiger charge is -2.22. The van der Waals surface area contributed by atoms with Gasteiger partial charge in [-0.2, -0.15) is 0 Å². The van der Waals surface area contributed by atoms with Crippen LogP contribution in [-0.4, -0.2) is 25.7 Å². The van der Waals surface area contributed by atoms with Crippen LogP contribution < -0.4 is 15.8 Å². The number of methoxy groups -OCH3 is 2. The quantitative estimate of drug-likeness (QED) is 0.786. The number of rotatable bonds is 5. The number of nitrogen functional groups attached to an aromatic ring is 1. The molecule has 0 unspecified atom stereocenters. The lowest BCUT2D eigenvalue weighted by atomic mass is 10.0. The van der Waals surface area contributed by atoms with Crippen molar-refractivity contribution in [2.45, 2.75) is 25.9 Å². The fourth-order valence-electron chi connectivity index (χ4n) is 1.46. The van der Waals surface area contributed by atoms with Gasteiger partial charge in [0.05, 0.1) is 24.8 Å². The summed E-state index contributed by atoms with van der Waals surface area (Å²) in [5.41, 5.74) is 6.34. The number of carbonyl (C=O) groups excluding carboxylic acids is 1. The molecule has 0 spiro atoms. The Morgan fingerprint density at radius 1 is 1.39 bits per heavy atom. The molecule has 0 atom stereocenters. The van der Waals surface area contributed by atoms with Crippen molar-refractivity contribution < 1.29 is 14.3 Å². The number of benzene rings is 1. The van der Waals surface area contributed by atoms with Crippen LogP contribution in [0, 0.1) is 0 Å². The Kier molecular flexibility index (Phi) is 4.55. The molecule has 0 aliphatic heterocycles. The first-order valence-corrected chi connectivity index (χ1v) is 5.66. The van der Waals surface area contributed by atoms with Gasteiger partial charge in [0.2, 0.25) is 5.91 Å². The van der Waals surface area contributed by atoms with E-state index in [0.717, 1.165) is 0 Å². The number of ether oxygens (including phenoxy) is 2. The summed E-state index contributed by atoms with van der Waals surface area (Å²) in [6, 6.07) is 5.09. The van der Waals surface area contributed by atoms with Crippen LogP contribution in [0.1, 0.15) is 20.3 Å². The average molecular weight is 252 g/mol. The standard InChI is InChI=1S/C13H20N2O3/c1-13(2,18-4)8-12(16)15-10-6-5-9(14)7-11(10)17-3/h5-7H,8,14H2,1-4H3,(H,15,16). The molecule has 0 aromatic heterocycles. The van der Waals surface area contributed by atoms with Gasteiger partial charge in [-0.1, -0.05) is 0 Å². The second-order valence-corrected chi connectivity index (χ2v) is 4.65. The van der Waals surface area contributed by atoms with E-state index < -0.39 is 5.60 Å². The SMILES string of the molecule is COc1cc(N)ccc1NC(=O)CC(C)(C)OC. The monoisotopic (exact) mass is 252 g/mol. The molecule has 1 rings (SSSR count). The summed E-state index contributed by atoms with van der Waals surface area (Å²) in [7, 11) is 3.11. The molecule has 1 amide bonds. The third-order valence-electron chi connectivity index (χ3n) is 2.64. The van der Waals surface area contributed by atoms with Gasteiger partial charge in [0, 0.05) is 18.9 Å². The minimum absolute atomic E-state index is 0.134. The normalized spacial score (nSPS) is 11.1. The molecule has 5 heteroatoms. The molecule has 1 aromatic rings. The Morgan fingerprint density at radius 2 is 2.06 bits per heavy atom. The van der Waals surface area contributed by atoms with Gasteiger partial charge in [0.15, 0.2) is 0 Å².